The summed E-state index contributed by atoms with van der Waals surface area (Å²) < 4.78 is 0. The number of halogens is 2. The minimum atomic E-state index is 0. The van der Waals surface area contributed by atoms with Crippen molar-refractivity contribution in [3.05, 3.63) is 154 Å². The molecule has 0 aliphatic carbocycles. The Morgan fingerprint density at radius 2 is 1.17 bits per heavy atom. The number of benzene rings is 4. The summed E-state index contributed by atoms with van der Waals surface area (Å²) >= 11 is 0. The van der Waals surface area contributed by atoms with Crippen molar-refractivity contribution in [3.8, 4) is 0 Å². The standard InChI is InChI=1S/C21H25N2.C9H7.C7H8.2ClH.Zr/c1-14-9-7-10-15(2)20(14)22-18(5)13-19(6)23-21-16(3)11-8-12-17(21)4;1-2-5-9-7-3-6-8(9)4-1;1-7-5-3-2-4-6-7;;;/h7-13H,1-6H3;1-7H;2-6H,1H3;2*1H;/q2*-1;;;;+4/p-2/b18-13-,23-19?;;;;;. The second-order valence-corrected chi connectivity index (χ2v) is 9.94. The molecular formula is C37H40Cl2N2Zr. The smallest absolute Gasteiger partial charge is 1.00 e. The molecule has 0 radical (unpaired) electrons. The van der Waals surface area contributed by atoms with Crippen LogP contribution in [0, 0.1) is 34.6 Å². The molecular weight excluding hydrogens is 635 g/mol. The molecule has 42 heavy (non-hydrogen) atoms. The zero-order valence-electron chi connectivity index (χ0n) is 25.6. The summed E-state index contributed by atoms with van der Waals surface area (Å²) in [6.45, 7) is 14.5. The van der Waals surface area contributed by atoms with Gasteiger partial charge in [-0.2, -0.15) is 23.2 Å². The molecule has 0 fully saturated rings. The number of hydrogen-bond donors (Lipinski definition) is 0. The van der Waals surface area contributed by atoms with Crippen LogP contribution in [0.2, 0.25) is 0 Å². The predicted molar refractivity (Wildman–Crippen MR) is 172 cm³/mol. The second kappa shape index (κ2) is 20.1. The molecule has 0 N–H and O–H groups in total. The SMILES string of the molecule is CC(/C=C(/C)[N-]c1c(C)cccc1C)=Nc1c(C)cccc1C.Cc1ccccc1.[Cl-].[Cl-].[Zr+4].c1ccc2[cH-]ccc2c1. The first kappa shape index (κ1) is 39.2. The molecule has 0 spiro atoms. The molecule has 2 nitrogen and oxygen atoms in total. The molecule has 0 saturated carbocycles. The van der Waals surface area contributed by atoms with Gasteiger partial charge in [0.1, 0.15) is 0 Å². The zero-order valence-corrected chi connectivity index (χ0v) is 29.6. The van der Waals surface area contributed by atoms with Gasteiger partial charge in [-0.15, -0.1) is 35.3 Å². The minimum absolute atomic E-state index is 0. The number of rotatable bonds is 4. The normalized spacial score (nSPS) is 10.5. The molecule has 0 unspecified atom stereocenters. The fraction of sp³-hybridized carbons (Fsp3) is 0.189. The van der Waals surface area contributed by atoms with Crippen LogP contribution in [0.15, 0.2) is 126 Å². The van der Waals surface area contributed by atoms with Gasteiger partial charge >= 0.3 is 26.2 Å². The molecule has 0 bridgehead atoms. The summed E-state index contributed by atoms with van der Waals surface area (Å²) in [6, 6.07) is 37.4. The summed E-state index contributed by atoms with van der Waals surface area (Å²) in [5.41, 5.74) is 10.2. The van der Waals surface area contributed by atoms with Crippen LogP contribution in [0.3, 0.4) is 0 Å². The maximum Gasteiger partial charge on any atom is 4.00 e. The Morgan fingerprint density at radius 1 is 0.643 bits per heavy atom. The van der Waals surface area contributed by atoms with E-state index in [9.17, 15) is 0 Å². The second-order valence-electron chi connectivity index (χ2n) is 9.94. The van der Waals surface area contributed by atoms with Crippen molar-refractivity contribution in [1.29, 1.82) is 0 Å². The Labute approximate surface area is 284 Å². The number of para-hydroxylation sites is 2. The summed E-state index contributed by atoms with van der Waals surface area (Å²) in [6.07, 6.45) is 2.04. The zero-order chi connectivity index (χ0) is 28.2. The summed E-state index contributed by atoms with van der Waals surface area (Å²) in [4.78, 5) is 4.76. The first-order chi connectivity index (χ1) is 18.7. The van der Waals surface area contributed by atoms with Gasteiger partial charge in [0.2, 0.25) is 0 Å². The van der Waals surface area contributed by atoms with E-state index in [4.69, 9.17) is 10.3 Å². The molecule has 0 aromatic heterocycles. The van der Waals surface area contributed by atoms with E-state index in [1.54, 1.807) is 0 Å². The molecule has 5 rings (SSSR count). The maximum absolute atomic E-state index is 4.76. The number of aliphatic imine (C=N–C) groups is 1. The number of nitrogens with zero attached hydrogens (tertiary/aromatic N) is 2. The molecule has 5 aromatic carbocycles. The van der Waals surface area contributed by atoms with E-state index >= 15 is 0 Å². The molecule has 5 heteroatoms. The summed E-state index contributed by atoms with van der Waals surface area (Å²) in [5.74, 6) is 0. The van der Waals surface area contributed by atoms with Crippen molar-refractivity contribution in [2.24, 2.45) is 4.99 Å². The number of hydrogen-bond acceptors (Lipinski definition) is 1. The van der Waals surface area contributed by atoms with Crippen LogP contribution < -0.4 is 24.8 Å². The Bertz CT molecular complexity index is 1480. The number of fused-ring (bicyclic) bond motifs is 1. The van der Waals surface area contributed by atoms with Crippen molar-refractivity contribution in [1.82, 2.24) is 0 Å². The van der Waals surface area contributed by atoms with E-state index in [1.165, 1.54) is 38.6 Å². The van der Waals surface area contributed by atoms with Crippen LogP contribution >= 0.6 is 0 Å². The minimum Gasteiger partial charge on any atom is -1.00 e. The molecule has 0 aliphatic rings. The molecule has 216 valence electrons. The Balaban J connectivity index is 0.000000724. The van der Waals surface area contributed by atoms with Gasteiger partial charge in [0, 0.05) is 5.71 Å². The van der Waals surface area contributed by atoms with Crippen LogP contribution in [0.25, 0.3) is 16.1 Å². The maximum atomic E-state index is 4.76. The van der Waals surface area contributed by atoms with Crippen molar-refractivity contribution >= 4 is 27.9 Å². The van der Waals surface area contributed by atoms with Crippen LogP contribution in [-0.2, 0) is 26.2 Å². The van der Waals surface area contributed by atoms with E-state index in [1.807, 2.05) is 38.1 Å². The number of allylic oxidation sites excluding steroid dienone is 2. The fourth-order valence-corrected chi connectivity index (χ4v) is 4.29. The Kier molecular flexibility index (Phi) is 18.8. The monoisotopic (exact) mass is 672 g/mol. The van der Waals surface area contributed by atoms with Crippen molar-refractivity contribution in [3.63, 3.8) is 0 Å². The van der Waals surface area contributed by atoms with Crippen LogP contribution in [0.1, 0.15) is 41.7 Å². The first-order valence-corrected chi connectivity index (χ1v) is 13.4. The van der Waals surface area contributed by atoms with Crippen molar-refractivity contribution in [2.75, 3.05) is 0 Å². The van der Waals surface area contributed by atoms with E-state index in [-0.39, 0.29) is 51.0 Å². The van der Waals surface area contributed by atoms with Gasteiger partial charge in [-0.25, -0.2) is 0 Å². The van der Waals surface area contributed by atoms with E-state index in [0.717, 1.165) is 22.8 Å². The molecule has 0 amide bonds. The van der Waals surface area contributed by atoms with Gasteiger partial charge in [-0.3, -0.25) is 4.99 Å². The van der Waals surface area contributed by atoms with Crippen LogP contribution in [0.5, 0.6) is 0 Å². The third-order valence-electron chi connectivity index (χ3n) is 6.36. The third kappa shape index (κ3) is 12.6. The average Bonchev–Trinajstić information content (AvgIpc) is 3.39. The molecule has 5 aromatic rings. The summed E-state index contributed by atoms with van der Waals surface area (Å²) in [7, 11) is 0. The largest absolute Gasteiger partial charge is 4.00 e. The van der Waals surface area contributed by atoms with E-state index in [0.29, 0.717) is 0 Å². The van der Waals surface area contributed by atoms with Crippen molar-refractivity contribution in [2.45, 2.75) is 48.5 Å². The van der Waals surface area contributed by atoms with E-state index < -0.39 is 0 Å². The number of aryl methyl sites for hydroxylation is 5. The van der Waals surface area contributed by atoms with Gasteiger partial charge < -0.3 is 30.1 Å². The fourth-order valence-electron chi connectivity index (χ4n) is 4.29. The van der Waals surface area contributed by atoms with Crippen molar-refractivity contribution < 1.29 is 51.0 Å². The summed E-state index contributed by atoms with van der Waals surface area (Å²) in [5, 5.41) is 7.43. The quantitative estimate of drug-likeness (QED) is 0.186. The average molecular weight is 675 g/mol. The molecule has 0 saturated heterocycles. The van der Waals surface area contributed by atoms with Crippen LogP contribution in [0.4, 0.5) is 11.4 Å². The topological polar surface area (TPSA) is 26.5 Å². The first-order valence-electron chi connectivity index (χ1n) is 13.4. The third-order valence-corrected chi connectivity index (χ3v) is 6.36. The van der Waals surface area contributed by atoms with Crippen LogP contribution in [-0.4, -0.2) is 5.71 Å². The molecule has 0 heterocycles. The Morgan fingerprint density at radius 3 is 1.69 bits per heavy atom. The molecule has 0 aliphatic heterocycles. The van der Waals surface area contributed by atoms with E-state index in [2.05, 4.69) is 126 Å². The van der Waals surface area contributed by atoms with Gasteiger partial charge in [-0.05, 0) is 52.7 Å². The Hall–Kier alpha value is -2.84. The van der Waals surface area contributed by atoms with Gasteiger partial charge in [0.05, 0.1) is 5.69 Å². The van der Waals surface area contributed by atoms with Gasteiger partial charge in [-0.1, -0.05) is 102 Å². The predicted octanol–water partition coefficient (Wildman–Crippen LogP) is 5.18. The molecule has 0 atom stereocenters. The van der Waals surface area contributed by atoms with Gasteiger partial charge in [0.15, 0.2) is 0 Å². The van der Waals surface area contributed by atoms with Gasteiger partial charge in [0.25, 0.3) is 0 Å².